The second-order valence-corrected chi connectivity index (χ2v) is 7.65. The van der Waals surface area contributed by atoms with Crippen molar-refractivity contribution in [3.8, 4) is 11.5 Å². The first kappa shape index (κ1) is 21.9. The highest BCUT2D eigenvalue weighted by atomic mass is 16.5. The first-order valence-corrected chi connectivity index (χ1v) is 10.9. The van der Waals surface area contributed by atoms with E-state index < -0.39 is 6.10 Å². The number of hydrogen-bond acceptors (Lipinski definition) is 3. The lowest BCUT2D eigenvalue weighted by molar-refractivity contribution is 0.162. The molecular weight excluding hydrogens is 372 g/mol. The van der Waals surface area contributed by atoms with Gasteiger partial charge < -0.3 is 14.6 Å². The fraction of sp³-hybridized carbons (Fsp3) is 0.333. The van der Waals surface area contributed by atoms with Crippen LogP contribution in [0.5, 0.6) is 11.5 Å². The molecule has 0 radical (unpaired) electrons. The lowest BCUT2D eigenvalue weighted by Crippen LogP contribution is -2.02. The molecule has 0 aliphatic carbocycles. The third kappa shape index (κ3) is 7.23. The van der Waals surface area contributed by atoms with E-state index in [4.69, 9.17) is 9.47 Å². The lowest BCUT2D eigenvalue weighted by atomic mass is 10.0. The highest BCUT2D eigenvalue weighted by Gasteiger charge is 2.12. The molecule has 0 aromatic heterocycles. The second kappa shape index (κ2) is 12.0. The molecule has 0 saturated heterocycles. The van der Waals surface area contributed by atoms with Gasteiger partial charge in [0.15, 0.2) is 0 Å². The van der Waals surface area contributed by atoms with Crippen LogP contribution in [0.3, 0.4) is 0 Å². The summed E-state index contributed by atoms with van der Waals surface area (Å²) in [5.41, 5.74) is 3.06. The van der Waals surface area contributed by atoms with Crippen LogP contribution in [-0.2, 0) is 13.2 Å². The number of rotatable bonds is 12. The number of unbranched alkanes of at least 4 members (excludes halogenated alkanes) is 3. The van der Waals surface area contributed by atoms with Crippen LogP contribution in [0.4, 0.5) is 0 Å². The second-order valence-electron chi connectivity index (χ2n) is 7.65. The number of aliphatic hydroxyl groups excluding tert-OH is 1. The van der Waals surface area contributed by atoms with Gasteiger partial charge in [-0.2, -0.15) is 0 Å². The Balaban J connectivity index is 1.70. The Morgan fingerprint density at radius 3 is 1.73 bits per heavy atom. The molecule has 1 atom stereocenters. The van der Waals surface area contributed by atoms with Crippen LogP contribution < -0.4 is 9.47 Å². The van der Waals surface area contributed by atoms with Crippen LogP contribution >= 0.6 is 0 Å². The standard InChI is InChI=1S/C27H32O3/c1-2-3-4-11-16-27(28)24-17-25(29-20-22-12-7-5-8-13-22)19-26(18-24)30-21-23-14-9-6-10-15-23/h5-10,12-15,17-19,27-28H,2-4,11,16,20-21H2,1H3. The molecule has 0 aliphatic rings. The number of benzene rings is 3. The smallest absolute Gasteiger partial charge is 0.123 e. The predicted octanol–water partition coefficient (Wildman–Crippen LogP) is 6.85. The normalized spacial score (nSPS) is 11.8. The maximum atomic E-state index is 10.7. The van der Waals surface area contributed by atoms with E-state index in [1.807, 2.05) is 78.9 Å². The van der Waals surface area contributed by atoms with Crippen molar-refractivity contribution in [3.05, 3.63) is 95.6 Å². The van der Waals surface area contributed by atoms with Gasteiger partial charge in [0, 0.05) is 6.07 Å². The molecule has 0 spiro atoms. The van der Waals surface area contributed by atoms with Crippen molar-refractivity contribution in [2.75, 3.05) is 0 Å². The van der Waals surface area contributed by atoms with Crippen molar-refractivity contribution in [1.29, 1.82) is 0 Å². The van der Waals surface area contributed by atoms with E-state index in [2.05, 4.69) is 6.92 Å². The van der Waals surface area contributed by atoms with Gasteiger partial charge in [-0.15, -0.1) is 0 Å². The number of ether oxygens (including phenoxy) is 2. The zero-order chi connectivity index (χ0) is 21.0. The quantitative estimate of drug-likeness (QED) is 0.336. The van der Waals surface area contributed by atoms with E-state index in [1.165, 1.54) is 12.8 Å². The fourth-order valence-corrected chi connectivity index (χ4v) is 3.37. The monoisotopic (exact) mass is 404 g/mol. The van der Waals surface area contributed by atoms with E-state index >= 15 is 0 Å². The molecule has 3 aromatic rings. The van der Waals surface area contributed by atoms with Crippen molar-refractivity contribution in [2.24, 2.45) is 0 Å². The van der Waals surface area contributed by atoms with Crippen LogP contribution in [-0.4, -0.2) is 5.11 Å². The summed E-state index contributed by atoms with van der Waals surface area (Å²) in [7, 11) is 0. The van der Waals surface area contributed by atoms with Gasteiger partial charge in [0.1, 0.15) is 24.7 Å². The highest BCUT2D eigenvalue weighted by molar-refractivity contribution is 5.40. The first-order valence-electron chi connectivity index (χ1n) is 10.9. The van der Waals surface area contributed by atoms with E-state index in [-0.39, 0.29) is 0 Å². The van der Waals surface area contributed by atoms with Gasteiger partial charge in [-0.25, -0.2) is 0 Å². The summed E-state index contributed by atoms with van der Waals surface area (Å²) in [6.07, 6.45) is 4.80. The lowest BCUT2D eigenvalue weighted by Gasteiger charge is -2.16. The largest absolute Gasteiger partial charge is 0.489 e. The SMILES string of the molecule is CCCCCCC(O)c1cc(OCc2ccccc2)cc(OCc2ccccc2)c1. The summed E-state index contributed by atoms with van der Waals surface area (Å²) < 4.78 is 12.1. The van der Waals surface area contributed by atoms with Crippen molar-refractivity contribution in [1.82, 2.24) is 0 Å². The Labute approximate surface area is 180 Å². The van der Waals surface area contributed by atoms with Crippen LogP contribution in [0, 0.1) is 0 Å². The van der Waals surface area contributed by atoms with Crippen LogP contribution in [0.15, 0.2) is 78.9 Å². The van der Waals surface area contributed by atoms with E-state index in [0.717, 1.165) is 36.0 Å². The topological polar surface area (TPSA) is 38.7 Å². The van der Waals surface area contributed by atoms with Crippen LogP contribution in [0.25, 0.3) is 0 Å². The van der Waals surface area contributed by atoms with Crippen molar-refractivity contribution < 1.29 is 14.6 Å². The Bertz CT molecular complexity index is 800. The van der Waals surface area contributed by atoms with Gasteiger partial charge in [-0.3, -0.25) is 0 Å². The summed E-state index contributed by atoms with van der Waals surface area (Å²) in [4.78, 5) is 0. The molecule has 0 aliphatic heterocycles. The Kier molecular flexibility index (Phi) is 8.80. The molecule has 3 aromatic carbocycles. The first-order chi connectivity index (χ1) is 14.7. The molecule has 3 nitrogen and oxygen atoms in total. The van der Waals surface area contributed by atoms with Crippen molar-refractivity contribution in [3.63, 3.8) is 0 Å². The molecule has 0 heterocycles. The zero-order valence-electron chi connectivity index (χ0n) is 17.8. The van der Waals surface area contributed by atoms with Gasteiger partial charge in [0.05, 0.1) is 6.10 Å². The average molecular weight is 405 g/mol. The Morgan fingerprint density at radius 1 is 0.700 bits per heavy atom. The molecule has 0 fully saturated rings. The summed E-state index contributed by atoms with van der Waals surface area (Å²) in [5.74, 6) is 1.43. The average Bonchev–Trinajstić information content (AvgIpc) is 2.80. The number of aliphatic hydroxyl groups is 1. The minimum atomic E-state index is -0.513. The van der Waals surface area contributed by atoms with Crippen molar-refractivity contribution in [2.45, 2.75) is 58.3 Å². The Morgan fingerprint density at radius 2 is 1.23 bits per heavy atom. The number of hydrogen-bond donors (Lipinski definition) is 1. The molecular formula is C27H32O3. The van der Waals surface area contributed by atoms with Gasteiger partial charge in [-0.05, 0) is 35.2 Å². The van der Waals surface area contributed by atoms with E-state index in [1.54, 1.807) is 0 Å². The van der Waals surface area contributed by atoms with E-state index in [9.17, 15) is 5.11 Å². The summed E-state index contributed by atoms with van der Waals surface area (Å²) in [5, 5.41) is 10.7. The predicted molar refractivity (Wildman–Crippen MR) is 122 cm³/mol. The molecule has 3 heteroatoms. The van der Waals surface area contributed by atoms with Crippen LogP contribution in [0.1, 0.15) is 61.8 Å². The maximum absolute atomic E-state index is 10.7. The highest BCUT2D eigenvalue weighted by Crippen LogP contribution is 2.30. The summed E-state index contributed by atoms with van der Waals surface area (Å²) >= 11 is 0. The minimum absolute atomic E-state index is 0.481. The maximum Gasteiger partial charge on any atom is 0.123 e. The molecule has 1 unspecified atom stereocenters. The molecule has 0 amide bonds. The summed E-state index contributed by atoms with van der Waals surface area (Å²) in [6, 6.07) is 25.9. The van der Waals surface area contributed by atoms with Gasteiger partial charge in [-0.1, -0.05) is 93.3 Å². The van der Waals surface area contributed by atoms with E-state index in [0.29, 0.717) is 24.7 Å². The fourth-order valence-electron chi connectivity index (χ4n) is 3.37. The molecule has 0 bridgehead atoms. The molecule has 30 heavy (non-hydrogen) atoms. The third-order valence-corrected chi connectivity index (χ3v) is 5.11. The molecule has 158 valence electrons. The van der Waals surface area contributed by atoms with Gasteiger partial charge >= 0.3 is 0 Å². The summed E-state index contributed by atoms with van der Waals surface area (Å²) in [6.45, 7) is 3.16. The van der Waals surface area contributed by atoms with Gasteiger partial charge in [0.2, 0.25) is 0 Å². The molecule has 1 N–H and O–H groups in total. The van der Waals surface area contributed by atoms with Crippen molar-refractivity contribution >= 4 is 0 Å². The molecule has 0 saturated carbocycles. The molecule has 3 rings (SSSR count). The van der Waals surface area contributed by atoms with Gasteiger partial charge in [0.25, 0.3) is 0 Å². The Hall–Kier alpha value is -2.78. The third-order valence-electron chi connectivity index (χ3n) is 5.11. The van der Waals surface area contributed by atoms with Crippen LogP contribution in [0.2, 0.25) is 0 Å². The zero-order valence-corrected chi connectivity index (χ0v) is 17.8. The minimum Gasteiger partial charge on any atom is -0.489 e.